The Bertz CT molecular complexity index is 1240. The minimum absolute atomic E-state index is 0.242. The van der Waals surface area contributed by atoms with Crippen LogP contribution in [0.4, 0.5) is 16.2 Å². The Morgan fingerprint density at radius 3 is 2.50 bits per heavy atom. The maximum absolute atomic E-state index is 13.0. The summed E-state index contributed by atoms with van der Waals surface area (Å²) in [5, 5.41) is 8.85. The largest absolute Gasteiger partial charge is 0.489 e. The zero-order chi connectivity index (χ0) is 25.5. The molecule has 1 saturated heterocycles. The first kappa shape index (κ1) is 25.3. The number of nitrogens with zero attached hydrogens (tertiary/aromatic N) is 1. The van der Waals surface area contributed by atoms with Gasteiger partial charge in [-0.25, -0.2) is 4.79 Å². The van der Waals surface area contributed by atoms with Crippen LogP contribution in [0.15, 0.2) is 72.8 Å². The fourth-order valence-electron chi connectivity index (χ4n) is 3.70. The lowest BCUT2D eigenvalue weighted by Crippen LogP contribution is -2.59. The molecule has 0 unspecified atom stereocenters. The highest BCUT2D eigenvalue weighted by atomic mass is 35.5. The Labute approximate surface area is 218 Å². The molecule has 0 radical (unpaired) electrons. The Hall–Kier alpha value is -3.75. The molecule has 3 aromatic rings. The fourth-order valence-corrected chi connectivity index (χ4v) is 4.04. The maximum Gasteiger partial charge on any atom is 0.322 e. The number of anilines is 2. The molecule has 1 atom stereocenters. The molecular weight excluding hydrogens is 503 g/mol. The Kier molecular flexibility index (Phi) is 8.30. The summed E-state index contributed by atoms with van der Waals surface area (Å²) in [6.07, 6.45) is -0.242. The van der Waals surface area contributed by atoms with Crippen molar-refractivity contribution in [2.45, 2.75) is 19.1 Å². The van der Waals surface area contributed by atoms with Gasteiger partial charge in [-0.1, -0.05) is 53.5 Å². The minimum Gasteiger partial charge on any atom is -0.489 e. The zero-order valence-corrected chi connectivity index (χ0v) is 20.7. The molecule has 3 aromatic carbocycles. The van der Waals surface area contributed by atoms with Gasteiger partial charge in [0.25, 0.3) is 0 Å². The lowest BCUT2D eigenvalue weighted by atomic mass is 10.1. The molecule has 1 aliphatic rings. The van der Waals surface area contributed by atoms with Crippen molar-refractivity contribution < 1.29 is 19.1 Å². The van der Waals surface area contributed by atoms with Crippen molar-refractivity contribution in [1.29, 1.82) is 0 Å². The van der Waals surface area contributed by atoms with Gasteiger partial charge in [-0.15, -0.1) is 0 Å². The molecule has 8 nitrogen and oxygen atoms in total. The molecule has 0 aliphatic carbocycles. The lowest BCUT2D eigenvalue weighted by molar-refractivity contribution is -0.130. The standard InChI is InChI=1S/C26H24Cl2N4O4/c27-18-6-11-21(28)22(14-18)31-24(33)15-23-25(34)29-12-13-32(23)26(35)30-19-7-9-20(10-8-19)36-16-17-4-2-1-3-5-17/h1-11,14,23H,12-13,15-16H2,(H,29,34)(H,30,35)(H,31,33)/t23-/m1/s1. The van der Waals surface area contributed by atoms with Crippen LogP contribution < -0.4 is 20.7 Å². The van der Waals surface area contributed by atoms with Crippen LogP contribution in [0, 0.1) is 0 Å². The van der Waals surface area contributed by atoms with Gasteiger partial charge in [0.1, 0.15) is 18.4 Å². The second-order valence-corrected chi connectivity index (χ2v) is 8.95. The summed E-state index contributed by atoms with van der Waals surface area (Å²) in [5.41, 5.74) is 1.91. The molecule has 0 spiro atoms. The van der Waals surface area contributed by atoms with Crippen molar-refractivity contribution in [2.75, 3.05) is 23.7 Å². The predicted molar refractivity (Wildman–Crippen MR) is 139 cm³/mol. The Morgan fingerprint density at radius 1 is 1.00 bits per heavy atom. The van der Waals surface area contributed by atoms with Gasteiger partial charge >= 0.3 is 6.03 Å². The van der Waals surface area contributed by atoms with Crippen molar-refractivity contribution >= 4 is 52.4 Å². The quantitative estimate of drug-likeness (QED) is 0.406. The second-order valence-electron chi connectivity index (χ2n) is 8.11. The first-order chi connectivity index (χ1) is 17.4. The summed E-state index contributed by atoms with van der Waals surface area (Å²) in [4.78, 5) is 39.5. The van der Waals surface area contributed by atoms with E-state index in [2.05, 4.69) is 16.0 Å². The molecule has 4 rings (SSSR count). The van der Waals surface area contributed by atoms with Crippen LogP contribution in [0.1, 0.15) is 12.0 Å². The number of urea groups is 1. The Balaban J connectivity index is 1.36. The van der Waals surface area contributed by atoms with E-state index in [0.29, 0.717) is 33.8 Å². The third-order valence-electron chi connectivity index (χ3n) is 5.53. The van der Waals surface area contributed by atoms with Gasteiger partial charge in [-0.3, -0.25) is 9.59 Å². The van der Waals surface area contributed by atoms with Gasteiger partial charge in [0, 0.05) is 23.8 Å². The highest BCUT2D eigenvalue weighted by Gasteiger charge is 2.35. The number of ether oxygens (including phenoxy) is 1. The number of carbonyl (C=O) groups is 3. The van der Waals surface area contributed by atoms with Crippen LogP contribution in [0.5, 0.6) is 5.75 Å². The number of halogens is 2. The molecule has 0 aromatic heterocycles. The van der Waals surface area contributed by atoms with Crippen LogP contribution in [0.3, 0.4) is 0 Å². The molecule has 4 amide bonds. The monoisotopic (exact) mass is 526 g/mol. The molecule has 1 fully saturated rings. The van der Waals surface area contributed by atoms with Gasteiger partial charge in [0.15, 0.2) is 0 Å². The highest BCUT2D eigenvalue weighted by molar-refractivity contribution is 6.35. The molecular formula is C26H24Cl2N4O4. The SMILES string of the molecule is O=C(C[C@@H]1C(=O)NCCN1C(=O)Nc1ccc(OCc2ccccc2)cc1)Nc1cc(Cl)ccc1Cl. The lowest BCUT2D eigenvalue weighted by Gasteiger charge is -2.34. The summed E-state index contributed by atoms with van der Waals surface area (Å²) >= 11 is 12.1. The molecule has 10 heteroatoms. The fraction of sp³-hybridized carbons (Fsp3) is 0.192. The molecule has 1 heterocycles. The average molecular weight is 527 g/mol. The molecule has 186 valence electrons. The van der Waals surface area contributed by atoms with Crippen molar-refractivity contribution in [3.63, 3.8) is 0 Å². The van der Waals surface area contributed by atoms with E-state index in [-0.39, 0.29) is 19.5 Å². The molecule has 0 saturated carbocycles. The molecule has 3 N–H and O–H groups in total. The number of amides is 4. The smallest absolute Gasteiger partial charge is 0.322 e. The van der Waals surface area contributed by atoms with Crippen molar-refractivity contribution in [3.8, 4) is 5.75 Å². The van der Waals surface area contributed by atoms with E-state index in [1.807, 2.05) is 30.3 Å². The third-order valence-corrected chi connectivity index (χ3v) is 6.09. The number of hydrogen-bond acceptors (Lipinski definition) is 4. The molecule has 1 aliphatic heterocycles. The predicted octanol–water partition coefficient (Wildman–Crippen LogP) is 4.93. The number of rotatable bonds is 7. The van der Waals surface area contributed by atoms with E-state index in [1.54, 1.807) is 36.4 Å². The second kappa shape index (κ2) is 11.8. The van der Waals surface area contributed by atoms with Gasteiger partial charge in [-0.2, -0.15) is 0 Å². The first-order valence-electron chi connectivity index (χ1n) is 11.3. The Morgan fingerprint density at radius 2 is 1.75 bits per heavy atom. The number of nitrogens with one attached hydrogen (secondary N) is 3. The third kappa shape index (κ3) is 6.68. The van der Waals surface area contributed by atoms with Crippen molar-refractivity contribution in [2.24, 2.45) is 0 Å². The van der Waals surface area contributed by atoms with Gasteiger partial charge in [-0.05, 0) is 48.0 Å². The molecule has 0 bridgehead atoms. The summed E-state index contributed by atoms with van der Waals surface area (Å²) in [5.74, 6) is -0.226. The van der Waals surface area contributed by atoms with Crippen LogP contribution in [-0.4, -0.2) is 41.9 Å². The van der Waals surface area contributed by atoms with Crippen LogP contribution in [-0.2, 0) is 16.2 Å². The average Bonchev–Trinajstić information content (AvgIpc) is 2.87. The van der Waals surface area contributed by atoms with Crippen LogP contribution >= 0.6 is 23.2 Å². The van der Waals surface area contributed by atoms with Crippen molar-refractivity contribution in [3.05, 3.63) is 88.4 Å². The normalized spacial score (nSPS) is 15.1. The number of benzene rings is 3. The van der Waals surface area contributed by atoms with E-state index >= 15 is 0 Å². The number of piperazine rings is 1. The summed E-state index contributed by atoms with van der Waals surface area (Å²) in [6.45, 7) is 0.974. The van der Waals surface area contributed by atoms with E-state index in [9.17, 15) is 14.4 Å². The first-order valence-corrected chi connectivity index (χ1v) is 12.0. The van der Waals surface area contributed by atoms with Crippen LogP contribution in [0.25, 0.3) is 0 Å². The summed E-state index contributed by atoms with van der Waals surface area (Å²) < 4.78 is 5.77. The number of carbonyl (C=O) groups excluding carboxylic acids is 3. The van der Waals surface area contributed by atoms with Crippen LogP contribution in [0.2, 0.25) is 10.0 Å². The highest BCUT2D eigenvalue weighted by Crippen LogP contribution is 2.26. The topological polar surface area (TPSA) is 99.8 Å². The van der Waals surface area contributed by atoms with E-state index in [1.165, 1.54) is 11.0 Å². The van der Waals surface area contributed by atoms with E-state index in [0.717, 1.165) is 5.56 Å². The zero-order valence-electron chi connectivity index (χ0n) is 19.2. The molecule has 36 heavy (non-hydrogen) atoms. The number of hydrogen-bond donors (Lipinski definition) is 3. The van der Waals surface area contributed by atoms with Gasteiger partial charge < -0.3 is 25.6 Å². The maximum atomic E-state index is 13.0. The summed E-state index contributed by atoms with van der Waals surface area (Å²) in [7, 11) is 0. The summed E-state index contributed by atoms with van der Waals surface area (Å²) in [6, 6.07) is 19.9. The van der Waals surface area contributed by atoms with E-state index < -0.39 is 23.9 Å². The van der Waals surface area contributed by atoms with E-state index in [4.69, 9.17) is 27.9 Å². The van der Waals surface area contributed by atoms with Gasteiger partial charge in [0.2, 0.25) is 11.8 Å². The minimum atomic E-state index is -0.981. The van der Waals surface area contributed by atoms with Gasteiger partial charge in [0.05, 0.1) is 17.1 Å². The van der Waals surface area contributed by atoms with Crippen molar-refractivity contribution in [1.82, 2.24) is 10.2 Å².